The van der Waals surface area contributed by atoms with E-state index < -0.39 is 5.82 Å². The topological polar surface area (TPSA) is 21.6 Å². The monoisotopic (exact) mass is 227 g/mol. The molecule has 0 radical (unpaired) electrons. The molecule has 2 atom stereocenters. The highest BCUT2D eigenvalue weighted by Crippen LogP contribution is 2.29. The Kier molecular flexibility index (Phi) is 2.65. The number of ether oxygens (including phenoxy) is 1. The third kappa shape index (κ3) is 1.84. The molecule has 0 saturated carbocycles. The summed E-state index contributed by atoms with van der Waals surface area (Å²) in [6.07, 6.45) is -0.183. The molecule has 1 aliphatic heterocycles. The van der Waals surface area contributed by atoms with Gasteiger partial charge in [-0.15, -0.1) is 0 Å². The van der Waals surface area contributed by atoms with Crippen LogP contribution in [-0.4, -0.2) is 17.3 Å². The fourth-order valence-electron chi connectivity index (χ4n) is 1.43. The number of para-hydroxylation sites is 1. The maximum Gasteiger partial charge on any atom is 0.165 e. The van der Waals surface area contributed by atoms with Crippen molar-refractivity contribution in [3.05, 3.63) is 29.6 Å². The second-order valence-corrected chi connectivity index (χ2v) is 3.96. The van der Waals surface area contributed by atoms with Crippen LogP contribution in [0, 0.1) is 5.82 Å². The predicted molar refractivity (Wildman–Crippen MR) is 58.3 cm³/mol. The normalized spacial score (nSPS) is 24.9. The van der Waals surface area contributed by atoms with Crippen molar-refractivity contribution >= 4 is 16.8 Å². The molecule has 0 spiro atoms. The summed E-state index contributed by atoms with van der Waals surface area (Å²) in [5.74, 6) is -0.204. The van der Waals surface area contributed by atoms with Gasteiger partial charge in [0.25, 0.3) is 0 Å². The lowest BCUT2D eigenvalue weighted by Gasteiger charge is -2.16. The minimum atomic E-state index is -0.401. The number of fused-ring (bicyclic) bond motifs is 1. The Morgan fingerprint density at radius 3 is 2.87 bits per heavy atom. The van der Waals surface area contributed by atoms with E-state index in [1.807, 2.05) is 13.8 Å². The summed E-state index contributed by atoms with van der Waals surface area (Å²) in [7, 11) is 0. The zero-order valence-electron chi connectivity index (χ0n) is 8.50. The Bertz CT molecular complexity index is 419. The van der Waals surface area contributed by atoms with Gasteiger partial charge in [0.2, 0.25) is 0 Å². The molecular formula is C11H11ClFNO. The van der Waals surface area contributed by atoms with E-state index in [0.29, 0.717) is 10.7 Å². The highest BCUT2D eigenvalue weighted by atomic mass is 35.5. The molecular weight excluding hydrogens is 217 g/mol. The first kappa shape index (κ1) is 10.4. The van der Waals surface area contributed by atoms with E-state index in [9.17, 15) is 4.39 Å². The lowest BCUT2D eigenvalue weighted by molar-refractivity contribution is 0.192. The molecule has 0 aromatic heterocycles. The third-order valence-electron chi connectivity index (χ3n) is 2.49. The van der Waals surface area contributed by atoms with Crippen LogP contribution < -0.4 is 4.74 Å². The van der Waals surface area contributed by atoms with E-state index in [0.717, 1.165) is 0 Å². The van der Waals surface area contributed by atoms with Crippen molar-refractivity contribution in [2.75, 3.05) is 0 Å². The van der Waals surface area contributed by atoms with Crippen molar-refractivity contribution in [1.82, 2.24) is 0 Å². The first-order valence-electron chi connectivity index (χ1n) is 4.78. The van der Waals surface area contributed by atoms with Crippen LogP contribution in [0.5, 0.6) is 5.75 Å². The largest absolute Gasteiger partial charge is 0.485 e. The first-order valence-corrected chi connectivity index (χ1v) is 5.16. The highest BCUT2D eigenvalue weighted by molar-refractivity contribution is 6.70. The van der Waals surface area contributed by atoms with Crippen LogP contribution in [0.1, 0.15) is 19.4 Å². The molecule has 1 aliphatic rings. The van der Waals surface area contributed by atoms with Gasteiger partial charge >= 0.3 is 0 Å². The van der Waals surface area contributed by atoms with Gasteiger partial charge < -0.3 is 4.74 Å². The van der Waals surface area contributed by atoms with Crippen LogP contribution in [0.3, 0.4) is 0 Å². The summed E-state index contributed by atoms with van der Waals surface area (Å²) in [6.45, 7) is 3.73. The van der Waals surface area contributed by atoms with Gasteiger partial charge in [0, 0.05) is 0 Å². The molecule has 0 saturated heterocycles. The van der Waals surface area contributed by atoms with Crippen molar-refractivity contribution in [3.8, 4) is 5.75 Å². The summed E-state index contributed by atoms with van der Waals surface area (Å²) in [6, 6.07) is 4.57. The number of benzene rings is 1. The maximum atomic E-state index is 13.5. The maximum absolute atomic E-state index is 13.5. The number of aliphatic imine (C=N–C) groups is 1. The van der Waals surface area contributed by atoms with E-state index in [1.165, 1.54) is 6.07 Å². The smallest absolute Gasteiger partial charge is 0.165 e. The van der Waals surface area contributed by atoms with Crippen LogP contribution in [0.15, 0.2) is 23.2 Å². The highest BCUT2D eigenvalue weighted by Gasteiger charge is 2.23. The number of hydrogen-bond donors (Lipinski definition) is 0. The van der Waals surface area contributed by atoms with Gasteiger partial charge in [0.05, 0.1) is 11.6 Å². The molecule has 0 aliphatic carbocycles. The molecule has 1 aromatic carbocycles. The van der Waals surface area contributed by atoms with Gasteiger partial charge in [-0.05, 0) is 26.0 Å². The molecule has 2 nitrogen and oxygen atoms in total. The molecule has 0 N–H and O–H groups in total. The Labute approximate surface area is 92.7 Å². The lowest BCUT2D eigenvalue weighted by Crippen LogP contribution is -2.23. The molecule has 0 amide bonds. The van der Waals surface area contributed by atoms with Gasteiger partial charge in [-0.25, -0.2) is 4.39 Å². The molecule has 80 valence electrons. The van der Waals surface area contributed by atoms with Crippen molar-refractivity contribution in [1.29, 1.82) is 0 Å². The van der Waals surface area contributed by atoms with Crippen LogP contribution in [-0.2, 0) is 0 Å². The lowest BCUT2D eigenvalue weighted by atomic mass is 10.2. The van der Waals surface area contributed by atoms with Crippen molar-refractivity contribution in [2.45, 2.75) is 26.0 Å². The molecule has 0 unspecified atom stereocenters. The number of nitrogens with zero attached hydrogens (tertiary/aromatic N) is 1. The molecule has 1 heterocycles. The van der Waals surface area contributed by atoms with Gasteiger partial charge in [0.15, 0.2) is 11.6 Å². The fourth-order valence-corrected chi connectivity index (χ4v) is 1.73. The summed E-state index contributed by atoms with van der Waals surface area (Å²) in [5.41, 5.74) is 0.521. The Balaban J connectivity index is 2.57. The number of hydrogen-bond acceptors (Lipinski definition) is 2. The zero-order valence-corrected chi connectivity index (χ0v) is 9.25. The van der Waals surface area contributed by atoms with Gasteiger partial charge in [0.1, 0.15) is 11.3 Å². The van der Waals surface area contributed by atoms with Crippen LogP contribution in [0.25, 0.3) is 0 Å². The number of halogens is 2. The average molecular weight is 228 g/mol. The van der Waals surface area contributed by atoms with E-state index in [4.69, 9.17) is 16.3 Å². The Morgan fingerprint density at radius 2 is 2.13 bits per heavy atom. The van der Waals surface area contributed by atoms with E-state index >= 15 is 0 Å². The second kappa shape index (κ2) is 3.81. The van der Waals surface area contributed by atoms with Gasteiger partial charge in [-0.2, -0.15) is 0 Å². The summed E-state index contributed by atoms with van der Waals surface area (Å²) < 4.78 is 19.0. The van der Waals surface area contributed by atoms with Gasteiger partial charge in [-0.3, -0.25) is 4.99 Å². The van der Waals surface area contributed by atoms with E-state index in [-0.39, 0.29) is 17.9 Å². The molecule has 2 rings (SSSR count). The quantitative estimate of drug-likeness (QED) is 0.668. The standard InChI is InChI=1S/C11H11ClFNO/c1-6-7(2)15-10-8(11(12)14-6)4-3-5-9(10)13/h3-7H,1-2H3/t6-,7+/m0/s1. The molecule has 0 bridgehead atoms. The minimum absolute atomic E-state index is 0.0794. The minimum Gasteiger partial charge on any atom is -0.485 e. The SMILES string of the molecule is C[C@@H]1N=C(Cl)c2cccc(F)c2O[C@@H]1C. The van der Waals surface area contributed by atoms with Crippen molar-refractivity contribution in [3.63, 3.8) is 0 Å². The Hall–Kier alpha value is -1.09. The van der Waals surface area contributed by atoms with Crippen molar-refractivity contribution < 1.29 is 9.13 Å². The van der Waals surface area contributed by atoms with Crippen LogP contribution >= 0.6 is 11.6 Å². The van der Waals surface area contributed by atoms with Crippen molar-refractivity contribution in [2.24, 2.45) is 4.99 Å². The predicted octanol–water partition coefficient (Wildman–Crippen LogP) is 2.98. The summed E-state index contributed by atoms with van der Waals surface area (Å²) >= 11 is 5.99. The number of rotatable bonds is 0. The van der Waals surface area contributed by atoms with E-state index in [1.54, 1.807) is 12.1 Å². The molecule has 4 heteroatoms. The average Bonchev–Trinajstić information content (AvgIpc) is 2.29. The van der Waals surface area contributed by atoms with Crippen LogP contribution in [0.2, 0.25) is 0 Å². The molecule has 15 heavy (non-hydrogen) atoms. The van der Waals surface area contributed by atoms with E-state index in [2.05, 4.69) is 4.99 Å². The first-order chi connectivity index (χ1) is 7.09. The summed E-state index contributed by atoms with van der Waals surface area (Å²) in [5, 5.41) is 0.307. The fraction of sp³-hybridized carbons (Fsp3) is 0.364. The third-order valence-corrected chi connectivity index (χ3v) is 2.79. The van der Waals surface area contributed by atoms with Crippen LogP contribution in [0.4, 0.5) is 4.39 Å². The summed E-state index contributed by atoms with van der Waals surface area (Å²) in [4.78, 5) is 4.23. The second-order valence-electron chi connectivity index (χ2n) is 3.60. The van der Waals surface area contributed by atoms with Gasteiger partial charge in [-0.1, -0.05) is 17.7 Å². The zero-order chi connectivity index (χ0) is 11.0. The molecule has 0 fully saturated rings. The molecule has 1 aromatic rings. The Morgan fingerprint density at radius 1 is 1.40 bits per heavy atom.